The lowest BCUT2D eigenvalue weighted by molar-refractivity contribution is 0.263. The fraction of sp³-hybridized carbons (Fsp3) is 0.625. The van der Waals surface area contributed by atoms with Gasteiger partial charge in [-0.3, -0.25) is 0 Å². The van der Waals surface area contributed by atoms with Gasteiger partial charge in [-0.05, 0) is 78.9 Å². The molecule has 0 radical (unpaired) electrons. The van der Waals surface area contributed by atoms with Crippen LogP contribution in [0.15, 0.2) is 18.2 Å². The summed E-state index contributed by atoms with van der Waals surface area (Å²) in [5, 5.41) is 8.27. The molecule has 0 aromatic heterocycles. The molecule has 0 spiro atoms. The average molecular weight is 405 g/mol. The molecule has 2 nitrogen and oxygen atoms in total. The fourth-order valence-corrected chi connectivity index (χ4v) is 4.61. The first kappa shape index (κ1) is 14.9. The van der Waals surface area contributed by atoms with E-state index in [0.717, 1.165) is 16.6 Å². The minimum atomic E-state index is 0.567. The minimum Gasteiger partial charge on any atom is -0.381 e. The second-order valence-corrected chi connectivity index (χ2v) is 7.68. The van der Waals surface area contributed by atoms with Gasteiger partial charge in [0.1, 0.15) is 0 Å². The molecule has 3 atom stereocenters. The van der Waals surface area contributed by atoms with E-state index in [2.05, 4.69) is 45.4 Å². The maximum Gasteiger partial charge on any atom is 0.0648 e. The van der Waals surface area contributed by atoms with Crippen LogP contribution in [0, 0.1) is 9.49 Å². The van der Waals surface area contributed by atoms with Gasteiger partial charge in [-0.15, -0.1) is 0 Å². The highest BCUT2D eigenvalue weighted by Gasteiger charge is 2.33. The van der Waals surface area contributed by atoms with Crippen molar-refractivity contribution in [2.24, 2.45) is 5.92 Å². The Morgan fingerprint density at radius 3 is 2.75 bits per heavy atom. The molecule has 1 aromatic carbocycles. The van der Waals surface area contributed by atoms with E-state index in [4.69, 9.17) is 11.6 Å². The third-order valence-corrected chi connectivity index (χ3v) is 5.69. The van der Waals surface area contributed by atoms with Crippen LogP contribution >= 0.6 is 34.2 Å². The molecule has 1 aromatic rings. The summed E-state index contributed by atoms with van der Waals surface area (Å²) < 4.78 is 1.19. The van der Waals surface area contributed by atoms with Gasteiger partial charge in [0.05, 0.1) is 10.7 Å². The number of halogens is 2. The molecule has 2 fully saturated rings. The topological polar surface area (TPSA) is 24.1 Å². The maximum absolute atomic E-state index is 6.37. The van der Waals surface area contributed by atoms with Gasteiger partial charge in [0.25, 0.3) is 0 Å². The monoisotopic (exact) mass is 404 g/mol. The summed E-state index contributed by atoms with van der Waals surface area (Å²) in [4.78, 5) is 0. The molecular formula is C16H22ClIN2. The molecule has 1 saturated carbocycles. The number of rotatable bonds is 3. The van der Waals surface area contributed by atoms with Crippen LogP contribution in [0.25, 0.3) is 0 Å². The van der Waals surface area contributed by atoms with Gasteiger partial charge >= 0.3 is 0 Å². The predicted molar refractivity (Wildman–Crippen MR) is 94.6 cm³/mol. The smallest absolute Gasteiger partial charge is 0.0648 e. The molecule has 3 unspecified atom stereocenters. The Morgan fingerprint density at radius 2 is 2.00 bits per heavy atom. The van der Waals surface area contributed by atoms with Crippen molar-refractivity contribution < 1.29 is 0 Å². The second kappa shape index (κ2) is 6.84. The van der Waals surface area contributed by atoms with Crippen molar-refractivity contribution in [2.75, 3.05) is 11.9 Å². The number of hydrogen-bond acceptors (Lipinski definition) is 2. The van der Waals surface area contributed by atoms with Crippen molar-refractivity contribution in [1.82, 2.24) is 5.32 Å². The summed E-state index contributed by atoms with van der Waals surface area (Å²) >= 11 is 8.68. The molecule has 1 aliphatic carbocycles. The number of nitrogens with one attached hydrogen (secondary N) is 2. The lowest BCUT2D eigenvalue weighted by Gasteiger charge is -2.37. The van der Waals surface area contributed by atoms with Gasteiger partial charge in [0, 0.05) is 15.7 Å². The van der Waals surface area contributed by atoms with E-state index >= 15 is 0 Å². The van der Waals surface area contributed by atoms with Gasteiger partial charge < -0.3 is 10.6 Å². The summed E-state index contributed by atoms with van der Waals surface area (Å²) in [6, 6.07) is 7.56. The Hall–Kier alpha value is -0.000000000000000132. The molecule has 4 heteroatoms. The van der Waals surface area contributed by atoms with Crippen LogP contribution in [0.5, 0.6) is 0 Å². The van der Waals surface area contributed by atoms with E-state index in [1.165, 1.54) is 48.6 Å². The summed E-state index contributed by atoms with van der Waals surface area (Å²) in [6.07, 6.45) is 7.99. The zero-order valence-electron chi connectivity index (χ0n) is 11.7. The molecular weight excluding hydrogens is 383 g/mol. The highest BCUT2D eigenvalue weighted by molar-refractivity contribution is 14.1. The number of anilines is 1. The minimum absolute atomic E-state index is 0.567. The van der Waals surface area contributed by atoms with Crippen molar-refractivity contribution in [3.05, 3.63) is 26.8 Å². The van der Waals surface area contributed by atoms with Gasteiger partial charge in [0.15, 0.2) is 0 Å². The second-order valence-electron chi connectivity index (χ2n) is 6.03. The summed E-state index contributed by atoms with van der Waals surface area (Å²) in [5.74, 6) is 0.751. The van der Waals surface area contributed by atoms with E-state index in [9.17, 15) is 0 Å². The molecule has 1 aliphatic heterocycles. The highest BCUT2D eigenvalue weighted by Crippen LogP contribution is 2.34. The zero-order valence-corrected chi connectivity index (χ0v) is 14.6. The van der Waals surface area contributed by atoms with Crippen molar-refractivity contribution in [1.29, 1.82) is 0 Å². The Kier molecular flexibility index (Phi) is 5.10. The first-order chi connectivity index (χ1) is 9.74. The van der Waals surface area contributed by atoms with Gasteiger partial charge in [-0.25, -0.2) is 0 Å². The number of benzene rings is 1. The molecule has 20 heavy (non-hydrogen) atoms. The van der Waals surface area contributed by atoms with Crippen LogP contribution in [0.1, 0.15) is 38.5 Å². The van der Waals surface area contributed by atoms with Crippen LogP contribution in [0.2, 0.25) is 5.02 Å². The lowest BCUT2D eigenvalue weighted by atomic mass is 9.79. The SMILES string of the molecule is Clc1cc(I)ccc1NC1CCCCC1C1CCCN1. The Bertz CT molecular complexity index is 460. The molecule has 110 valence electrons. The Morgan fingerprint density at radius 1 is 1.15 bits per heavy atom. The number of hydrogen-bond donors (Lipinski definition) is 2. The first-order valence-corrected chi connectivity index (χ1v) is 9.15. The van der Waals surface area contributed by atoms with E-state index in [0.29, 0.717) is 12.1 Å². The van der Waals surface area contributed by atoms with Gasteiger partial charge in [-0.1, -0.05) is 24.4 Å². The van der Waals surface area contributed by atoms with Crippen molar-refractivity contribution in [3.8, 4) is 0 Å². The van der Waals surface area contributed by atoms with Gasteiger partial charge in [0.2, 0.25) is 0 Å². The van der Waals surface area contributed by atoms with E-state index < -0.39 is 0 Å². The van der Waals surface area contributed by atoms with Crippen LogP contribution < -0.4 is 10.6 Å². The molecule has 2 N–H and O–H groups in total. The summed E-state index contributed by atoms with van der Waals surface area (Å²) in [7, 11) is 0. The predicted octanol–water partition coefficient (Wildman–Crippen LogP) is 4.67. The maximum atomic E-state index is 6.37. The first-order valence-electron chi connectivity index (χ1n) is 7.69. The normalized spacial score (nSPS) is 30.4. The van der Waals surface area contributed by atoms with Crippen molar-refractivity contribution in [2.45, 2.75) is 50.6 Å². The third-order valence-electron chi connectivity index (χ3n) is 4.71. The quantitative estimate of drug-likeness (QED) is 0.716. The van der Waals surface area contributed by atoms with Crippen molar-refractivity contribution in [3.63, 3.8) is 0 Å². The average Bonchev–Trinajstić information content (AvgIpc) is 2.96. The molecule has 3 rings (SSSR count). The highest BCUT2D eigenvalue weighted by atomic mass is 127. The van der Waals surface area contributed by atoms with Crippen molar-refractivity contribution >= 4 is 39.9 Å². The molecule has 1 heterocycles. The fourth-order valence-electron chi connectivity index (χ4n) is 3.70. The van der Waals surface area contributed by atoms with Crippen LogP contribution in [-0.4, -0.2) is 18.6 Å². The molecule has 2 aliphatic rings. The lowest BCUT2D eigenvalue weighted by Crippen LogP contribution is -2.43. The standard InChI is InChI=1S/C16H22ClIN2/c17-13-10-11(18)7-8-16(13)20-15-5-2-1-4-12(15)14-6-3-9-19-14/h7-8,10,12,14-15,19-20H,1-6,9H2. The molecule has 0 bridgehead atoms. The van der Waals surface area contributed by atoms with Crippen LogP contribution in [-0.2, 0) is 0 Å². The largest absolute Gasteiger partial charge is 0.381 e. The Labute approximate surface area is 140 Å². The molecule has 0 amide bonds. The Balaban J connectivity index is 1.72. The van der Waals surface area contributed by atoms with E-state index in [1.807, 2.05) is 6.07 Å². The third kappa shape index (κ3) is 3.42. The summed E-state index contributed by atoms with van der Waals surface area (Å²) in [5.41, 5.74) is 1.10. The molecule has 1 saturated heterocycles. The van der Waals surface area contributed by atoms with Crippen LogP contribution in [0.3, 0.4) is 0 Å². The van der Waals surface area contributed by atoms with E-state index in [1.54, 1.807) is 0 Å². The van der Waals surface area contributed by atoms with Gasteiger partial charge in [-0.2, -0.15) is 0 Å². The zero-order chi connectivity index (χ0) is 13.9. The van der Waals surface area contributed by atoms with Crippen LogP contribution in [0.4, 0.5) is 5.69 Å². The van der Waals surface area contributed by atoms with E-state index in [-0.39, 0.29) is 0 Å². The summed E-state index contributed by atoms with van der Waals surface area (Å²) in [6.45, 7) is 1.19.